The van der Waals surface area contributed by atoms with E-state index in [1.54, 1.807) is 12.3 Å². The number of rotatable bonds is 6. The summed E-state index contributed by atoms with van der Waals surface area (Å²) < 4.78 is 25.0. The quantitative estimate of drug-likeness (QED) is 0.868. The first-order valence-electron chi connectivity index (χ1n) is 7.71. The zero-order valence-electron chi connectivity index (χ0n) is 12.9. The van der Waals surface area contributed by atoms with Crippen LogP contribution in [0.2, 0.25) is 0 Å². The van der Waals surface area contributed by atoms with Crippen LogP contribution in [0, 0.1) is 0 Å². The van der Waals surface area contributed by atoms with E-state index in [0.717, 1.165) is 23.6 Å². The molecule has 1 aliphatic heterocycles. The minimum atomic E-state index is -3.03. The highest BCUT2D eigenvalue weighted by Crippen LogP contribution is 2.13. The number of nitrogens with zero attached hydrogens (tertiary/aromatic N) is 3. The van der Waals surface area contributed by atoms with Gasteiger partial charge in [0.05, 0.1) is 5.75 Å². The van der Waals surface area contributed by atoms with E-state index in [2.05, 4.69) is 15.3 Å². The van der Waals surface area contributed by atoms with E-state index in [4.69, 9.17) is 0 Å². The third-order valence-electron chi connectivity index (χ3n) is 3.78. The molecule has 7 heteroatoms. The van der Waals surface area contributed by atoms with Crippen molar-refractivity contribution in [1.29, 1.82) is 0 Å². The van der Waals surface area contributed by atoms with Gasteiger partial charge in [0, 0.05) is 32.3 Å². The highest BCUT2D eigenvalue weighted by atomic mass is 32.2. The molecule has 0 unspecified atom stereocenters. The second kappa shape index (κ2) is 7.06. The molecule has 1 aromatic carbocycles. The maximum Gasteiger partial charge on any atom is 0.214 e. The van der Waals surface area contributed by atoms with Crippen molar-refractivity contribution in [2.45, 2.75) is 12.8 Å². The molecule has 0 bridgehead atoms. The van der Waals surface area contributed by atoms with Gasteiger partial charge in [0.15, 0.2) is 0 Å². The van der Waals surface area contributed by atoms with Gasteiger partial charge in [-0.05, 0) is 18.1 Å². The Hall–Kier alpha value is -1.99. The summed E-state index contributed by atoms with van der Waals surface area (Å²) in [5.74, 6) is 1.74. The van der Waals surface area contributed by atoms with Crippen LogP contribution in [-0.4, -0.2) is 48.1 Å². The fraction of sp³-hybridized carbons (Fsp3) is 0.375. The van der Waals surface area contributed by atoms with Gasteiger partial charge in [0.25, 0.3) is 0 Å². The number of hydrogen-bond donors (Lipinski definition) is 1. The highest BCUT2D eigenvalue weighted by Gasteiger charge is 2.27. The first-order chi connectivity index (χ1) is 11.1. The van der Waals surface area contributed by atoms with Crippen LogP contribution in [-0.2, 0) is 16.4 Å². The molecule has 0 saturated carbocycles. The molecular weight excluding hydrogens is 312 g/mol. The molecule has 1 aromatic heterocycles. The number of sulfonamides is 1. The van der Waals surface area contributed by atoms with Gasteiger partial charge in [-0.3, -0.25) is 0 Å². The molecule has 0 spiro atoms. The molecule has 1 saturated heterocycles. The first kappa shape index (κ1) is 15.9. The lowest BCUT2D eigenvalue weighted by atomic mass is 10.1. The lowest BCUT2D eigenvalue weighted by molar-refractivity contribution is 0.456. The van der Waals surface area contributed by atoms with E-state index in [-0.39, 0.29) is 5.75 Å². The monoisotopic (exact) mass is 332 g/mol. The van der Waals surface area contributed by atoms with Crippen molar-refractivity contribution in [3.8, 4) is 0 Å². The molecule has 1 aliphatic rings. The molecule has 0 amide bonds. The Morgan fingerprint density at radius 1 is 1.17 bits per heavy atom. The van der Waals surface area contributed by atoms with Crippen LogP contribution in [0.4, 0.5) is 5.82 Å². The van der Waals surface area contributed by atoms with E-state index in [9.17, 15) is 8.42 Å². The molecule has 122 valence electrons. The lowest BCUT2D eigenvalue weighted by Crippen LogP contribution is -2.30. The summed E-state index contributed by atoms with van der Waals surface area (Å²) in [5.41, 5.74) is 1.16. The third kappa shape index (κ3) is 4.27. The Kier molecular flexibility index (Phi) is 4.88. The van der Waals surface area contributed by atoms with E-state index >= 15 is 0 Å². The SMILES string of the molecule is O=S1(=O)CCCN1CCNc1ccnc(Cc2ccccc2)n1. The number of aromatic nitrogens is 2. The van der Waals surface area contributed by atoms with E-state index < -0.39 is 10.0 Å². The summed E-state index contributed by atoms with van der Waals surface area (Å²) in [7, 11) is -3.03. The molecule has 0 radical (unpaired) electrons. The molecule has 3 rings (SSSR count). The van der Waals surface area contributed by atoms with Gasteiger partial charge < -0.3 is 5.32 Å². The lowest BCUT2D eigenvalue weighted by Gasteiger charge is -2.14. The molecule has 1 fully saturated rings. The van der Waals surface area contributed by atoms with Gasteiger partial charge >= 0.3 is 0 Å². The fourth-order valence-corrected chi connectivity index (χ4v) is 4.14. The van der Waals surface area contributed by atoms with Crippen LogP contribution < -0.4 is 5.32 Å². The number of anilines is 1. The van der Waals surface area contributed by atoms with Crippen molar-refractivity contribution in [2.24, 2.45) is 0 Å². The van der Waals surface area contributed by atoms with Gasteiger partial charge in [-0.1, -0.05) is 30.3 Å². The normalized spacial score (nSPS) is 17.2. The molecule has 6 nitrogen and oxygen atoms in total. The van der Waals surface area contributed by atoms with Crippen molar-refractivity contribution >= 4 is 15.8 Å². The predicted octanol–water partition coefficient (Wildman–Crippen LogP) is 1.51. The first-order valence-corrected chi connectivity index (χ1v) is 9.32. The summed E-state index contributed by atoms with van der Waals surface area (Å²) in [6, 6.07) is 11.9. The van der Waals surface area contributed by atoms with Crippen LogP contribution in [0.5, 0.6) is 0 Å². The molecule has 2 aromatic rings. The molecule has 0 atom stereocenters. The van der Waals surface area contributed by atoms with Crippen molar-refractivity contribution in [3.63, 3.8) is 0 Å². The maximum absolute atomic E-state index is 11.7. The van der Waals surface area contributed by atoms with Crippen molar-refractivity contribution in [1.82, 2.24) is 14.3 Å². The van der Waals surface area contributed by atoms with Crippen molar-refractivity contribution in [3.05, 3.63) is 54.0 Å². The molecular formula is C16H20N4O2S. The minimum Gasteiger partial charge on any atom is -0.369 e. The minimum absolute atomic E-state index is 0.266. The molecule has 23 heavy (non-hydrogen) atoms. The fourth-order valence-electron chi connectivity index (χ4n) is 2.61. The summed E-state index contributed by atoms with van der Waals surface area (Å²) in [4.78, 5) is 8.76. The maximum atomic E-state index is 11.7. The third-order valence-corrected chi connectivity index (χ3v) is 5.74. The summed E-state index contributed by atoms with van der Waals surface area (Å²) >= 11 is 0. The van der Waals surface area contributed by atoms with Gasteiger partial charge in [0.1, 0.15) is 11.6 Å². The standard InChI is InChI=1S/C16H20N4O2S/c21-23(22)12-4-10-20(23)11-9-18-15-7-8-17-16(19-15)13-14-5-2-1-3-6-14/h1-3,5-8H,4,9-13H2,(H,17,18,19). The average Bonchev–Trinajstić information content (AvgIpc) is 2.88. The number of benzene rings is 1. The molecule has 0 aliphatic carbocycles. The van der Waals surface area contributed by atoms with Crippen LogP contribution in [0.25, 0.3) is 0 Å². The van der Waals surface area contributed by atoms with Crippen LogP contribution in [0.1, 0.15) is 17.8 Å². The van der Waals surface area contributed by atoms with Crippen LogP contribution in [0.3, 0.4) is 0 Å². The Morgan fingerprint density at radius 2 is 2.00 bits per heavy atom. The highest BCUT2D eigenvalue weighted by molar-refractivity contribution is 7.89. The summed E-state index contributed by atoms with van der Waals surface area (Å²) in [6.07, 6.45) is 3.12. The van der Waals surface area contributed by atoms with Gasteiger partial charge in [-0.25, -0.2) is 22.7 Å². The predicted molar refractivity (Wildman–Crippen MR) is 89.7 cm³/mol. The largest absolute Gasteiger partial charge is 0.369 e. The topological polar surface area (TPSA) is 75.2 Å². The van der Waals surface area contributed by atoms with E-state index in [1.807, 2.05) is 30.3 Å². The van der Waals surface area contributed by atoms with Crippen molar-refractivity contribution in [2.75, 3.05) is 30.7 Å². The Labute approximate surface area is 136 Å². The van der Waals surface area contributed by atoms with Gasteiger partial charge in [-0.2, -0.15) is 0 Å². The number of nitrogens with one attached hydrogen (secondary N) is 1. The Morgan fingerprint density at radius 3 is 2.74 bits per heavy atom. The number of hydrogen-bond acceptors (Lipinski definition) is 5. The summed E-state index contributed by atoms with van der Waals surface area (Å²) in [6.45, 7) is 1.63. The average molecular weight is 332 g/mol. The zero-order chi connectivity index (χ0) is 16.1. The van der Waals surface area contributed by atoms with Gasteiger partial charge in [0.2, 0.25) is 10.0 Å². The smallest absolute Gasteiger partial charge is 0.214 e. The van der Waals surface area contributed by atoms with E-state index in [1.165, 1.54) is 4.31 Å². The molecule has 1 N–H and O–H groups in total. The second-order valence-corrected chi connectivity index (χ2v) is 7.60. The molecule has 2 heterocycles. The Bertz CT molecular complexity index is 750. The second-order valence-electron chi connectivity index (χ2n) is 5.52. The van der Waals surface area contributed by atoms with Gasteiger partial charge in [-0.15, -0.1) is 0 Å². The summed E-state index contributed by atoms with van der Waals surface area (Å²) in [5, 5.41) is 3.18. The van der Waals surface area contributed by atoms with Crippen LogP contribution in [0.15, 0.2) is 42.6 Å². The van der Waals surface area contributed by atoms with E-state index in [0.29, 0.717) is 26.1 Å². The zero-order valence-corrected chi connectivity index (χ0v) is 13.7. The Balaban J connectivity index is 1.55. The van der Waals surface area contributed by atoms with Crippen LogP contribution >= 0.6 is 0 Å². The van der Waals surface area contributed by atoms with Crippen molar-refractivity contribution < 1.29 is 8.42 Å².